The second-order valence-electron chi connectivity index (χ2n) is 5.95. The summed E-state index contributed by atoms with van der Waals surface area (Å²) >= 11 is 3.44. The Morgan fingerprint density at radius 2 is 2.24 bits per heavy atom. The maximum absolute atomic E-state index is 12.2. The number of aliphatic imine (C=N–C) groups is 1. The fourth-order valence-electron chi connectivity index (χ4n) is 2.28. The molecular weight excluding hydrogens is 388 g/mol. The molecule has 1 aliphatic rings. The van der Waals surface area contributed by atoms with Gasteiger partial charge in [0.05, 0.1) is 12.4 Å². The van der Waals surface area contributed by atoms with Crippen molar-refractivity contribution in [2.75, 3.05) is 18.5 Å². The van der Waals surface area contributed by atoms with Gasteiger partial charge in [0.2, 0.25) is 0 Å². The number of carbonyl (C=O) groups excluding carboxylic acids is 1. The zero-order valence-corrected chi connectivity index (χ0v) is 15.7. The molecule has 2 rings (SSSR count). The van der Waals surface area contributed by atoms with E-state index in [0.717, 1.165) is 16.3 Å². The quantitative estimate of drug-likeness (QED) is 0.511. The van der Waals surface area contributed by atoms with E-state index >= 15 is 0 Å². The highest BCUT2D eigenvalue weighted by Crippen LogP contribution is 2.32. The molecule has 0 aliphatic carbocycles. The molecule has 1 aromatic carbocycles. The number of nitrogens with two attached hydrogens (primary N) is 2. The Labute approximate surface area is 154 Å². The smallest absolute Gasteiger partial charge is 0.274 e. The number of nitrogens with zero attached hydrogens (tertiary/aromatic N) is 1. The number of anilines is 1. The van der Waals surface area contributed by atoms with Crippen molar-refractivity contribution in [2.45, 2.75) is 19.4 Å². The van der Waals surface area contributed by atoms with E-state index in [4.69, 9.17) is 20.9 Å². The number of hydrogen-bond donors (Lipinski definition) is 3. The van der Waals surface area contributed by atoms with Crippen LogP contribution in [0.1, 0.15) is 19.4 Å². The maximum atomic E-state index is 12.2. The summed E-state index contributed by atoms with van der Waals surface area (Å²) in [5, 5.41) is 2.72. The Morgan fingerprint density at radius 1 is 1.52 bits per heavy atom. The number of rotatable bonds is 5. The predicted molar refractivity (Wildman–Crippen MR) is 101 cm³/mol. The molecule has 0 aromatic heterocycles. The summed E-state index contributed by atoms with van der Waals surface area (Å²) < 4.78 is 11.3. The first-order chi connectivity index (χ1) is 11.7. The van der Waals surface area contributed by atoms with E-state index in [0.29, 0.717) is 30.5 Å². The van der Waals surface area contributed by atoms with E-state index in [2.05, 4.69) is 32.8 Å². The maximum Gasteiger partial charge on any atom is 0.274 e. The fraction of sp³-hybridized carbons (Fsp3) is 0.294. The van der Waals surface area contributed by atoms with Crippen LogP contribution in [0, 0.1) is 0 Å². The second kappa shape index (κ2) is 7.71. The standard InChI is InChI=1S/C17H21BrN4O3/c1-10(2)25-7-14(19)16(23)21-13-5-11(4-12(18)6-13)17(3)9-24-8-15(20)22-17/h4-7H,1,8-9,19H2,2-3H3,(H2,20,22)(H,21,23)/b14-7-/t17-/m0/s1. The van der Waals surface area contributed by atoms with Crippen molar-refractivity contribution < 1.29 is 14.3 Å². The van der Waals surface area contributed by atoms with Crippen molar-refractivity contribution in [3.63, 3.8) is 0 Å². The zero-order valence-electron chi connectivity index (χ0n) is 14.1. The average molecular weight is 409 g/mol. The third-order valence-corrected chi connectivity index (χ3v) is 3.91. The summed E-state index contributed by atoms with van der Waals surface area (Å²) in [7, 11) is 0. The lowest BCUT2D eigenvalue weighted by molar-refractivity contribution is -0.113. The Kier molecular flexibility index (Phi) is 5.86. The van der Waals surface area contributed by atoms with Crippen molar-refractivity contribution in [3.8, 4) is 0 Å². The van der Waals surface area contributed by atoms with Gasteiger partial charge in [-0.1, -0.05) is 22.5 Å². The lowest BCUT2D eigenvalue weighted by Gasteiger charge is -2.30. The molecule has 1 heterocycles. The van der Waals surface area contributed by atoms with Gasteiger partial charge in [0, 0.05) is 10.2 Å². The van der Waals surface area contributed by atoms with Gasteiger partial charge < -0.3 is 26.3 Å². The molecule has 0 saturated carbocycles. The van der Waals surface area contributed by atoms with Crippen molar-refractivity contribution in [3.05, 3.63) is 52.5 Å². The molecule has 0 fully saturated rings. The highest BCUT2D eigenvalue weighted by Gasteiger charge is 2.30. The van der Waals surface area contributed by atoms with Gasteiger partial charge in [-0.25, -0.2) is 0 Å². The third kappa shape index (κ3) is 5.07. The molecule has 1 atom stereocenters. The van der Waals surface area contributed by atoms with Crippen LogP contribution in [0.4, 0.5) is 5.69 Å². The molecule has 0 spiro atoms. The van der Waals surface area contributed by atoms with Gasteiger partial charge >= 0.3 is 0 Å². The highest BCUT2D eigenvalue weighted by atomic mass is 79.9. The minimum atomic E-state index is -0.629. The number of allylic oxidation sites excluding steroid dienone is 1. The molecule has 25 heavy (non-hydrogen) atoms. The summed E-state index contributed by atoms with van der Waals surface area (Å²) in [5.74, 6) is 0.378. The van der Waals surface area contributed by atoms with Crippen LogP contribution in [0.15, 0.2) is 52.0 Å². The molecule has 0 radical (unpaired) electrons. The number of hydrogen-bond acceptors (Lipinski definition) is 6. The van der Waals surface area contributed by atoms with Crippen LogP contribution < -0.4 is 16.8 Å². The number of amides is 1. The molecule has 1 amide bonds. The van der Waals surface area contributed by atoms with Crippen LogP contribution in [0.5, 0.6) is 0 Å². The first-order valence-electron chi connectivity index (χ1n) is 7.52. The molecule has 5 N–H and O–H groups in total. The zero-order chi connectivity index (χ0) is 18.6. The molecule has 8 heteroatoms. The van der Waals surface area contributed by atoms with Crippen LogP contribution in [0.3, 0.4) is 0 Å². The molecule has 0 saturated heterocycles. The first kappa shape index (κ1) is 19.0. The van der Waals surface area contributed by atoms with Gasteiger partial charge in [-0.3, -0.25) is 9.79 Å². The van der Waals surface area contributed by atoms with Crippen molar-refractivity contribution in [1.82, 2.24) is 0 Å². The summed E-state index contributed by atoms with van der Waals surface area (Å²) in [4.78, 5) is 16.7. The van der Waals surface area contributed by atoms with Gasteiger partial charge in [0.1, 0.15) is 29.9 Å². The largest absolute Gasteiger partial charge is 0.468 e. The van der Waals surface area contributed by atoms with E-state index < -0.39 is 11.4 Å². The van der Waals surface area contributed by atoms with Crippen LogP contribution in [-0.2, 0) is 19.8 Å². The molecule has 1 aromatic rings. The van der Waals surface area contributed by atoms with E-state index in [-0.39, 0.29) is 5.70 Å². The minimum Gasteiger partial charge on any atom is -0.468 e. The van der Waals surface area contributed by atoms with E-state index in [1.807, 2.05) is 13.0 Å². The minimum absolute atomic E-state index is 0.0704. The van der Waals surface area contributed by atoms with Crippen LogP contribution >= 0.6 is 15.9 Å². The number of halogens is 1. The second-order valence-corrected chi connectivity index (χ2v) is 6.86. The van der Waals surface area contributed by atoms with Crippen molar-refractivity contribution in [2.24, 2.45) is 16.5 Å². The fourth-order valence-corrected chi connectivity index (χ4v) is 2.77. The third-order valence-electron chi connectivity index (χ3n) is 3.45. The molecule has 0 bridgehead atoms. The normalized spacial score (nSPS) is 20.6. The molecule has 1 aliphatic heterocycles. The van der Waals surface area contributed by atoms with Crippen LogP contribution in [0.25, 0.3) is 0 Å². The monoisotopic (exact) mass is 408 g/mol. The summed E-state index contributed by atoms with van der Waals surface area (Å²) in [6.45, 7) is 7.85. The molecule has 0 unspecified atom stereocenters. The topological polar surface area (TPSA) is 112 Å². The first-order valence-corrected chi connectivity index (χ1v) is 8.31. The predicted octanol–water partition coefficient (Wildman–Crippen LogP) is 2.34. The number of carbonyl (C=O) groups is 1. The number of ether oxygens (including phenoxy) is 2. The lowest BCUT2D eigenvalue weighted by Crippen LogP contribution is -2.37. The Bertz CT molecular complexity index is 760. The van der Waals surface area contributed by atoms with Crippen molar-refractivity contribution in [1.29, 1.82) is 0 Å². The molecule has 7 nitrogen and oxygen atoms in total. The summed E-state index contributed by atoms with van der Waals surface area (Å²) in [6.07, 6.45) is 1.15. The lowest BCUT2D eigenvalue weighted by atomic mass is 9.92. The SMILES string of the molecule is C=C(C)O/C=C(\N)C(=O)Nc1cc(Br)cc([C@]2(C)COCC(N)=N2)c1. The number of amidine groups is 1. The van der Waals surface area contributed by atoms with E-state index in [9.17, 15) is 4.79 Å². The number of nitrogens with one attached hydrogen (secondary N) is 1. The van der Waals surface area contributed by atoms with Crippen molar-refractivity contribution >= 4 is 33.4 Å². The van der Waals surface area contributed by atoms with Gasteiger partial charge in [0.15, 0.2) is 0 Å². The summed E-state index contributed by atoms with van der Waals surface area (Å²) in [6, 6.07) is 5.47. The van der Waals surface area contributed by atoms with Gasteiger partial charge in [-0.2, -0.15) is 0 Å². The summed E-state index contributed by atoms with van der Waals surface area (Å²) in [5.41, 5.74) is 12.2. The highest BCUT2D eigenvalue weighted by molar-refractivity contribution is 9.10. The Balaban J connectivity index is 2.25. The van der Waals surface area contributed by atoms with Crippen LogP contribution in [-0.4, -0.2) is 25.0 Å². The Morgan fingerprint density at radius 3 is 2.88 bits per heavy atom. The number of benzene rings is 1. The van der Waals surface area contributed by atoms with Gasteiger partial charge in [0.25, 0.3) is 5.91 Å². The van der Waals surface area contributed by atoms with Crippen LogP contribution in [0.2, 0.25) is 0 Å². The Hall–Kier alpha value is -2.32. The van der Waals surface area contributed by atoms with Gasteiger partial charge in [-0.15, -0.1) is 0 Å². The van der Waals surface area contributed by atoms with E-state index in [1.54, 1.807) is 19.1 Å². The average Bonchev–Trinajstić information content (AvgIpc) is 2.51. The van der Waals surface area contributed by atoms with E-state index in [1.165, 1.54) is 0 Å². The molecule has 134 valence electrons. The molecular formula is C17H21BrN4O3. The van der Waals surface area contributed by atoms with Gasteiger partial charge in [-0.05, 0) is 37.6 Å².